The van der Waals surface area contributed by atoms with Crippen LogP contribution in [-0.4, -0.2) is 37.1 Å². The van der Waals surface area contributed by atoms with Crippen LogP contribution in [0.1, 0.15) is 52.9 Å². The molecule has 1 aliphatic heterocycles. The van der Waals surface area contributed by atoms with Gasteiger partial charge in [0.1, 0.15) is 0 Å². The molecule has 0 spiro atoms. The van der Waals surface area contributed by atoms with Gasteiger partial charge in [0.25, 0.3) is 0 Å². The Hall–Kier alpha value is -0.0800. The lowest BCUT2D eigenvalue weighted by molar-refractivity contribution is 0.114. The number of likely N-dealkylation sites (N-methyl/N-ethyl adjacent to an activating group) is 1. The molecule has 2 unspecified atom stereocenters. The summed E-state index contributed by atoms with van der Waals surface area (Å²) in [7, 11) is 2.34. The van der Waals surface area contributed by atoms with Gasteiger partial charge in [-0.1, -0.05) is 27.2 Å². The highest BCUT2D eigenvalue weighted by atomic mass is 15.2. The second-order valence-electron chi connectivity index (χ2n) is 7.20. The first-order valence-corrected chi connectivity index (χ1v) is 7.41. The molecule has 2 rings (SSSR count). The van der Waals surface area contributed by atoms with Crippen LogP contribution < -0.4 is 5.32 Å². The molecule has 0 bridgehead atoms. The first-order valence-electron chi connectivity index (χ1n) is 7.41. The highest BCUT2D eigenvalue weighted by molar-refractivity contribution is 4.89. The number of hydrogen-bond donors (Lipinski definition) is 1. The van der Waals surface area contributed by atoms with Crippen LogP contribution in [0.4, 0.5) is 0 Å². The second kappa shape index (κ2) is 5.27. The Labute approximate surface area is 107 Å². The predicted octanol–water partition coefficient (Wildman–Crippen LogP) is 2.89. The molecule has 2 nitrogen and oxygen atoms in total. The van der Waals surface area contributed by atoms with E-state index in [1.807, 2.05) is 0 Å². The third kappa shape index (κ3) is 3.23. The van der Waals surface area contributed by atoms with Gasteiger partial charge in [-0.3, -0.25) is 4.90 Å². The average molecular weight is 238 g/mol. The van der Waals surface area contributed by atoms with Crippen molar-refractivity contribution in [3.63, 3.8) is 0 Å². The molecule has 2 fully saturated rings. The Kier molecular flexibility index (Phi) is 4.14. The third-order valence-electron chi connectivity index (χ3n) is 5.07. The number of nitrogens with one attached hydrogen (secondary N) is 1. The zero-order valence-electron chi connectivity index (χ0n) is 12.1. The van der Waals surface area contributed by atoms with Crippen molar-refractivity contribution in [1.82, 2.24) is 10.2 Å². The largest absolute Gasteiger partial charge is 0.314 e. The maximum Gasteiger partial charge on any atom is 0.0345 e. The van der Waals surface area contributed by atoms with Crippen LogP contribution in [0, 0.1) is 11.3 Å². The summed E-state index contributed by atoms with van der Waals surface area (Å²) in [6.07, 6.45) is 7.13. The van der Waals surface area contributed by atoms with Crippen molar-refractivity contribution in [3.05, 3.63) is 0 Å². The Morgan fingerprint density at radius 2 is 1.65 bits per heavy atom. The molecule has 100 valence electrons. The molecule has 2 atom stereocenters. The number of rotatable bonds is 2. The van der Waals surface area contributed by atoms with Crippen LogP contribution >= 0.6 is 0 Å². The summed E-state index contributed by atoms with van der Waals surface area (Å²) in [5, 5.41) is 3.39. The summed E-state index contributed by atoms with van der Waals surface area (Å²) < 4.78 is 0. The van der Waals surface area contributed by atoms with Gasteiger partial charge in [-0.05, 0) is 44.1 Å². The Morgan fingerprint density at radius 1 is 0.941 bits per heavy atom. The van der Waals surface area contributed by atoms with Gasteiger partial charge >= 0.3 is 0 Å². The van der Waals surface area contributed by atoms with Gasteiger partial charge in [-0.25, -0.2) is 0 Å². The summed E-state index contributed by atoms with van der Waals surface area (Å²) in [5.74, 6) is 0.931. The van der Waals surface area contributed by atoms with E-state index in [1.165, 1.54) is 45.2 Å². The summed E-state index contributed by atoms with van der Waals surface area (Å²) in [6, 6.07) is 1.65. The fourth-order valence-electron chi connectivity index (χ4n) is 3.41. The number of hydrogen-bond acceptors (Lipinski definition) is 2. The van der Waals surface area contributed by atoms with E-state index in [9.17, 15) is 0 Å². The van der Waals surface area contributed by atoms with E-state index in [-0.39, 0.29) is 0 Å². The zero-order chi connectivity index (χ0) is 12.5. The van der Waals surface area contributed by atoms with Gasteiger partial charge in [0.2, 0.25) is 0 Å². The average Bonchev–Trinajstić information content (AvgIpc) is 2.38. The topological polar surface area (TPSA) is 15.3 Å². The minimum absolute atomic E-state index is 0.505. The fourth-order valence-corrected chi connectivity index (χ4v) is 3.41. The van der Waals surface area contributed by atoms with Gasteiger partial charge in [-0.15, -0.1) is 0 Å². The quantitative estimate of drug-likeness (QED) is 0.744. The van der Waals surface area contributed by atoms with Crippen LogP contribution in [0.5, 0.6) is 0 Å². The van der Waals surface area contributed by atoms with E-state index in [0.717, 1.165) is 18.0 Å². The standard InChI is InChI=1S/C15H30N2/c1-15(2,3)12-6-5-7-13(9-8-12)17(4)14-10-16-11-14/h12-14,16H,5-11H2,1-4H3. The fraction of sp³-hybridized carbons (Fsp3) is 1.00. The summed E-state index contributed by atoms with van der Waals surface area (Å²) in [5.41, 5.74) is 0.505. The normalized spacial score (nSPS) is 32.3. The highest BCUT2D eigenvalue weighted by Crippen LogP contribution is 2.37. The summed E-state index contributed by atoms with van der Waals surface area (Å²) in [4.78, 5) is 2.65. The van der Waals surface area contributed by atoms with Crippen molar-refractivity contribution in [2.24, 2.45) is 11.3 Å². The van der Waals surface area contributed by atoms with Crippen molar-refractivity contribution in [1.29, 1.82) is 0 Å². The smallest absolute Gasteiger partial charge is 0.0345 e. The molecule has 1 aliphatic carbocycles. The Balaban J connectivity index is 1.86. The molecule has 1 heterocycles. The monoisotopic (exact) mass is 238 g/mol. The van der Waals surface area contributed by atoms with Crippen LogP contribution in [0.15, 0.2) is 0 Å². The van der Waals surface area contributed by atoms with Gasteiger partial charge in [0.15, 0.2) is 0 Å². The van der Waals surface area contributed by atoms with E-state index in [2.05, 4.69) is 38.0 Å². The van der Waals surface area contributed by atoms with E-state index in [0.29, 0.717) is 5.41 Å². The van der Waals surface area contributed by atoms with Gasteiger partial charge in [0.05, 0.1) is 0 Å². The lowest BCUT2D eigenvalue weighted by Crippen LogP contribution is -2.58. The van der Waals surface area contributed by atoms with Gasteiger partial charge < -0.3 is 5.32 Å². The van der Waals surface area contributed by atoms with Crippen LogP contribution in [0.3, 0.4) is 0 Å². The molecule has 1 N–H and O–H groups in total. The Morgan fingerprint density at radius 3 is 2.18 bits per heavy atom. The highest BCUT2D eigenvalue weighted by Gasteiger charge is 2.32. The van der Waals surface area contributed by atoms with E-state index in [1.54, 1.807) is 0 Å². The minimum Gasteiger partial charge on any atom is -0.314 e. The van der Waals surface area contributed by atoms with Crippen LogP contribution in [0.2, 0.25) is 0 Å². The Bertz CT molecular complexity index is 240. The van der Waals surface area contributed by atoms with E-state index in [4.69, 9.17) is 0 Å². The van der Waals surface area contributed by atoms with Crippen LogP contribution in [-0.2, 0) is 0 Å². The maximum absolute atomic E-state index is 3.39. The molecule has 0 aromatic heterocycles. The molecule has 17 heavy (non-hydrogen) atoms. The van der Waals surface area contributed by atoms with Crippen LogP contribution in [0.25, 0.3) is 0 Å². The summed E-state index contributed by atoms with van der Waals surface area (Å²) >= 11 is 0. The SMILES string of the molecule is CN(C1CCCC(C(C)(C)C)CC1)C1CNC1. The van der Waals surface area contributed by atoms with E-state index >= 15 is 0 Å². The lowest BCUT2D eigenvalue weighted by Gasteiger charge is -2.40. The molecule has 0 amide bonds. The number of nitrogens with zero attached hydrogens (tertiary/aromatic N) is 1. The predicted molar refractivity (Wildman–Crippen MR) is 74.2 cm³/mol. The van der Waals surface area contributed by atoms with Crippen molar-refractivity contribution >= 4 is 0 Å². The van der Waals surface area contributed by atoms with Gasteiger partial charge in [-0.2, -0.15) is 0 Å². The molecule has 1 saturated heterocycles. The van der Waals surface area contributed by atoms with Crippen molar-refractivity contribution < 1.29 is 0 Å². The third-order valence-corrected chi connectivity index (χ3v) is 5.07. The first-order chi connectivity index (χ1) is 7.98. The molecule has 1 saturated carbocycles. The second-order valence-corrected chi connectivity index (χ2v) is 7.20. The first kappa shape index (κ1) is 13.4. The summed E-state index contributed by atoms with van der Waals surface area (Å²) in [6.45, 7) is 9.65. The van der Waals surface area contributed by atoms with Crippen molar-refractivity contribution in [2.75, 3.05) is 20.1 Å². The molecule has 0 aromatic rings. The van der Waals surface area contributed by atoms with Crippen molar-refractivity contribution in [3.8, 4) is 0 Å². The molecular weight excluding hydrogens is 208 g/mol. The maximum atomic E-state index is 3.39. The molecular formula is C15H30N2. The zero-order valence-corrected chi connectivity index (χ0v) is 12.1. The molecule has 0 aromatic carbocycles. The molecule has 0 radical (unpaired) electrons. The molecule has 2 aliphatic rings. The molecule has 2 heteroatoms. The van der Waals surface area contributed by atoms with E-state index < -0.39 is 0 Å². The lowest BCUT2D eigenvalue weighted by atomic mass is 9.76. The van der Waals surface area contributed by atoms with Crippen molar-refractivity contribution in [2.45, 2.75) is 65.0 Å². The minimum atomic E-state index is 0.505. The van der Waals surface area contributed by atoms with Gasteiger partial charge in [0, 0.05) is 25.2 Å².